The summed E-state index contributed by atoms with van der Waals surface area (Å²) in [4.78, 5) is 13.1. The number of aliphatic carboxylic acids is 1. The van der Waals surface area contributed by atoms with E-state index in [1.807, 2.05) is 7.05 Å². The van der Waals surface area contributed by atoms with Crippen molar-refractivity contribution in [3.05, 3.63) is 0 Å². The number of carboxylic acids is 1. The summed E-state index contributed by atoms with van der Waals surface area (Å²) in [5.41, 5.74) is 4.76. The van der Waals surface area contributed by atoms with E-state index in [-0.39, 0.29) is 0 Å². The molecule has 0 aliphatic carbocycles. The van der Waals surface area contributed by atoms with Crippen molar-refractivity contribution < 1.29 is 9.90 Å². The highest BCUT2D eigenvalue weighted by molar-refractivity contribution is 5.78. The third kappa shape index (κ3) is 2.67. The molecule has 0 bridgehead atoms. The van der Waals surface area contributed by atoms with E-state index < -0.39 is 11.5 Å². The minimum absolute atomic E-state index is 0.548. The Morgan fingerprint density at radius 1 is 1.57 bits per heavy atom. The molecular formula is C9H19N3O2. The number of nitrogens with one attached hydrogen (secondary N) is 1. The van der Waals surface area contributed by atoms with Crippen LogP contribution in [-0.2, 0) is 4.79 Å². The van der Waals surface area contributed by atoms with E-state index in [4.69, 9.17) is 10.8 Å². The van der Waals surface area contributed by atoms with Gasteiger partial charge in [0.2, 0.25) is 0 Å². The third-order valence-corrected chi connectivity index (χ3v) is 2.85. The normalized spacial score (nSPS) is 22.1. The number of likely N-dealkylation sites (N-methyl/N-ethyl adjacent to an activating group) is 1. The molecule has 1 heterocycles. The SMILES string of the molecule is CNCCN1CCC(N)(C(=O)O)CC1. The van der Waals surface area contributed by atoms with Gasteiger partial charge >= 0.3 is 5.97 Å². The molecule has 0 radical (unpaired) electrons. The van der Waals surface area contributed by atoms with Gasteiger partial charge in [-0.25, -0.2) is 0 Å². The van der Waals surface area contributed by atoms with E-state index in [1.165, 1.54) is 0 Å². The second kappa shape index (κ2) is 4.72. The van der Waals surface area contributed by atoms with Crippen LogP contribution in [0.25, 0.3) is 0 Å². The highest BCUT2D eigenvalue weighted by atomic mass is 16.4. The number of carbonyl (C=O) groups is 1. The summed E-state index contributed by atoms with van der Waals surface area (Å²) < 4.78 is 0. The lowest BCUT2D eigenvalue weighted by Gasteiger charge is -2.36. The predicted octanol–water partition coefficient (Wildman–Crippen LogP) is -0.916. The number of likely N-dealkylation sites (tertiary alicyclic amines) is 1. The van der Waals surface area contributed by atoms with Gasteiger partial charge in [0.05, 0.1) is 0 Å². The number of carboxylic acid groups (broad SMARTS) is 1. The minimum atomic E-state index is -0.990. The Balaban J connectivity index is 2.34. The summed E-state index contributed by atoms with van der Waals surface area (Å²) >= 11 is 0. The Morgan fingerprint density at radius 3 is 2.57 bits per heavy atom. The Kier molecular flexibility index (Phi) is 3.86. The highest BCUT2D eigenvalue weighted by Crippen LogP contribution is 2.19. The fraction of sp³-hybridized carbons (Fsp3) is 0.889. The van der Waals surface area contributed by atoms with Crippen LogP contribution in [0.2, 0.25) is 0 Å². The molecule has 1 rings (SSSR count). The molecule has 1 aliphatic heterocycles. The Bertz CT molecular complexity index is 200. The van der Waals surface area contributed by atoms with Crippen LogP contribution >= 0.6 is 0 Å². The molecular weight excluding hydrogens is 182 g/mol. The van der Waals surface area contributed by atoms with E-state index in [0.717, 1.165) is 26.2 Å². The average molecular weight is 201 g/mol. The molecule has 1 fully saturated rings. The molecule has 0 atom stereocenters. The number of nitrogens with zero attached hydrogens (tertiary/aromatic N) is 1. The van der Waals surface area contributed by atoms with Crippen molar-refractivity contribution >= 4 is 5.97 Å². The first-order valence-corrected chi connectivity index (χ1v) is 4.98. The minimum Gasteiger partial charge on any atom is -0.480 e. The Morgan fingerprint density at radius 2 is 2.14 bits per heavy atom. The van der Waals surface area contributed by atoms with Crippen LogP contribution in [-0.4, -0.2) is 54.7 Å². The molecule has 0 amide bonds. The maximum absolute atomic E-state index is 10.8. The number of hydrogen-bond acceptors (Lipinski definition) is 4. The first-order valence-electron chi connectivity index (χ1n) is 4.98. The smallest absolute Gasteiger partial charge is 0.323 e. The summed E-state index contributed by atoms with van der Waals surface area (Å²) in [6.07, 6.45) is 1.10. The van der Waals surface area contributed by atoms with Gasteiger partial charge in [-0.2, -0.15) is 0 Å². The maximum atomic E-state index is 10.8. The quantitative estimate of drug-likeness (QED) is 0.548. The lowest BCUT2D eigenvalue weighted by Crippen LogP contribution is -2.56. The van der Waals surface area contributed by atoms with Gasteiger partial charge in [-0.05, 0) is 19.9 Å². The van der Waals surface area contributed by atoms with Gasteiger partial charge in [-0.3, -0.25) is 4.79 Å². The molecule has 82 valence electrons. The van der Waals surface area contributed by atoms with Crippen molar-refractivity contribution in [1.29, 1.82) is 0 Å². The van der Waals surface area contributed by atoms with Crippen LogP contribution in [0.4, 0.5) is 0 Å². The molecule has 0 unspecified atom stereocenters. The van der Waals surface area contributed by atoms with Crippen molar-refractivity contribution in [3.63, 3.8) is 0 Å². The van der Waals surface area contributed by atoms with Crippen LogP contribution in [0, 0.1) is 0 Å². The number of hydrogen-bond donors (Lipinski definition) is 3. The number of nitrogens with two attached hydrogens (primary N) is 1. The zero-order valence-electron chi connectivity index (χ0n) is 8.62. The fourth-order valence-electron chi connectivity index (χ4n) is 1.66. The first-order chi connectivity index (χ1) is 6.58. The molecule has 4 N–H and O–H groups in total. The van der Waals surface area contributed by atoms with Crippen LogP contribution in [0.15, 0.2) is 0 Å². The molecule has 5 nitrogen and oxygen atoms in total. The molecule has 14 heavy (non-hydrogen) atoms. The lowest BCUT2D eigenvalue weighted by molar-refractivity contribution is -0.145. The molecule has 1 aliphatic rings. The van der Waals surface area contributed by atoms with Gasteiger partial charge in [-0.1, -0.05) is 0 Å². The third-order valence-electron chi connectivity index (χ3n) is 2.85. The predicted molar refractivity (Wildman–Crippen MR) is 54.2 cm³/mol. The molecule has 5 heteroatoms. The van der Waals surface area contributed by atoms with E-state index in [0.29, 0.717) is 12.8 Å². The van der Waals surface area contributed by atoms with Crippen LogP contribution in [0.5, 0.6) is 0 Å². The van der Waals surface area contributed by atoms with Crippen molar-refractivity contribution in [2.45, 2.75) is 18.4 Å². The zero-order valence-corrected chi connectivity index (χ0v) is 8.62. The van der Waals surface area contributed by atoms with Crippen LogP contribution in [0.1, 0.15) is 12.8 Å². The van der Waals surface area contributed by atoms with Crippen LogP contribution in [0.3, 0.4) is 0 Å². The molecule has 0 aromatic rings. The van der Waals surface area contributed by atoms with E-state index in [2.05, 4.69) is 10.2 Å². The van der Waals surface area contributed by atoms with Crippen molar-refractivity contribution in [3.8, 4) is 0 Å². The Hall–Kier alpha value is -0.650. The fourth-order valence-corrected chi connectivity index (χ4v) is 1.66. The summed E-state index contributed by atoms with van der Waals surface area (Å²) in [5, 5.41) is 12.0. The first kappa shape index (κ1) is 11.4. The monoisotopic (exact) mass is 201 g/mol. The molecule has 1 saturated heterocycles. The van der Waals surface area contributed by atoms with Gasteiger partial charge in [0.25, 0.3) is 0 Å². The average Bonchev–Trinajstić information content (AvgIpc) is 2.17. The van der Waals surface area contributed by atoms with E-state index >= 15 is 0 Å². The van der Waals surface area contributed by atoms with Crippen molar-refractivity contribution in [2.75, 3.05) is 33.2 Å². The number of piperidine rings is 1. The van der Waals surface area contributed by atoms with Crippen molar-refractivity contribution in [2.24, 2.45) is 5.73 Å². The van der Waals surface area contributed by atoms with Gasteiger partial charge in [0.15, 0.2) is 0 Å². The standard InChI is InChI=1S/C9H19N3O2/c1-11-4-7-12-5-2-9(10,3-6-12)8(13)14/h11H,2-7,10H2,1H3,(H,13,14). The lowest BCUT2D eigenvalue weighted by atomic mass is 9.89. The van der Waals surface area contributed by atoms with Gasteiger partial charge in [-0.15, -0.1) is 0 Å². The van der Waals surface area contributed by atoms with Gasteiger partial charge < -0.3 is 21.1 Å². The summed E-state index contributed by atoms with van der Waals surface area (Å²) in [5.74, 6) is -0.870. The Labute approximate surface area is 84.3 Å². The van der Waals surface area contributed by atoms with E-state index in [9.17, 15) is 4.79 Å². The molecule has 0 aromatic carbocycles. The number of rotatable bonds is 4. The second-order valence-corrected chi connectivity index (χ2v) is 3.91. The van der Waals surface area contributed by atoms with Gasteiger partial charge in [0, 0.05) is 26.2 Å². The topological polar surface area (TPSA) is 78.6 Å². The maximum Gasteiger partial charge on any atom is 0.323 e. The van der Waals surface area contributed by atoms with E-state index in [1.54, 1.807) is 0 Å². The molecule has 0 saturated carbocycles. The second-order valence-electron chi connectivity index (χ2n) is 3.91. The van der Waals surface area contributed by atoms with Crippen LogP contribution < -0.4 is 11.1 Å². The molecule has 0 spiro atoms. The highest BCUT2D eigenvalue weighted by Gasteiger charge is 2.37. The molecule has 0 aromatic heterocycles. The zero-order chi connectivity index (χ0) is 10.6. The summed E-state index contributed by atoms with van der Waals surface area (Å²) in [6, 6.07) is 0. The largest absolute Gasteiger partial charge is 0.480 e. The van der Waals surface area contributed by atoms with Gasteiger partial charge in [0.1, 0.15) is 5.54 Å². The summed E-state index contributed by atoms with van der Waals surface area (Å²) in [7, 11) is 1.91. The van der Waals surface area contributed by atoms with Crippen molar-refractivity contribution in [1.82, 2.24) is 10.2 Å². The summed E-state index contributed by atoms with van der Waals surface area (Å²) in [6.45, 7) is 3.46.